The fraction of sp³-hybridized carbons (Fsp3) is 0.679. The molecule has 0 aliphatic carbocycles. The van der Waals surface area contributed by atoms with Crippen LogP contribution in [0.3, 0.4) is 0 Å². The van der Waals surface area contributed by atoms with Crippen LogP contribution in [0, 0.1) is 0 Å². The first-order chi connectivity index (χ1) is 36.9. The van der Waals surface area contributed by atoms with Crippen LogP contribution in [0.15, 0.2) is 72.8 Å². The second kappa shape index (κ2) is 33.7. The predicted molar refractivity (Wildman–Crippen MR) is 324 cm³/mol. The molecule has 24 heteroatoms. The minimum Gasteiger partial charge on any atom is -0.377 e. The number of ether oxygens (including phenoxy) is 5. The first-order valence-corrected chi connectivity index (χ1v) is 43.9. The molecule has 0 fully saturated rings. The van der Waals surface area contributed by atoms with Gasteiger partial charge in [0.1, 0.15) is 13.2 Å². The lowest BCUT2D eigenvalue weighted by atomic mass is 9.84. The van der Waals surface area contributed by atoms with Crippen LogP contribution in [-0.2, 0) is 55.7 Å². The van der Waals surface area contributed by atoms with Crippen LogP contribution in [0.1, 0.15) is 57.6 Å². The Labute approximate surface area is 482 Å². The topological polar surface area (TPSA) is 102 Å². The average molecular weight is 1250 g/mol. The third-order valence-electron chi connectivity index (χ3n) is 15.1. The third-order valence-corrected chi connectivity index (χ3v) is 35.4. The number of halogens is 7. The van der Waals surface area contributed by atoms with Crippen LogP contribution in [0.4, 0.5) is 30.7 Å². The number of methoxy groups -OCH3 is 2. The van der Waals surface area contributed by atoms with Crippen molar-refractivity contribution in [1.29, 1.82) is 0 Å². The van der Waals surface area contributed by atoms with E-state index in [-0.39, 0.29) is 13.2 Å². The molecule has 0 aromatic heterocycles. The summed E-state index contributed by atoms with van der Waals surface area (Å²) in [6, 6.07) is 31.9. The summed E-state index contributed by atoms with van der Waals surface area (Å²) >= 11 is 0. The zero-order valence-corrected chi connectivity index (χ0v) is 57.8. The molecule has 0 spiro atoms. The zero-order chi connectivity index (χ0) is 61.5. The van der Waals surface area contributed by atoms with Gasteiger partial charge in [-0.15, -0.1) is 13.2 Å². The van der Waals surface area contributed by atoms with Gasteiger partial charge in [-0.1, -0.05) is 186 Å². The van der Waals surface area contributed by atoms with Gasteiger partial charge in [0.2, 0.25) is 0 Å². The highest BCUT2D eigenvalue weighted by Gasteiger charge is 2.42. The Morgan fingerprint density at radius 1 is 0.400 bits per heavy atom. The average Bonchev–Trinajstić information content (AvgIpc) is 3.41. The van der Waals surface area contributed by atoms with E-state index in [2.05, 4.69) is 136 Å². The summed E-state index contributed by atoms with van der Waals surface area (Å²) in [4.78, 5) is 0. The molecule has 0 unspecified atom stereocenters. The minimum atomic E-state index is -4.46. The van der Waals surface area contributed by atoms with Crippen molar-refractivity contribution in [1.82, 2.24) is 0 Å². The maximum absolute atomic E-state index is 14.5. The Kier molecular flexibility index (Phi) is 32.0. The van der Waals surface area contributed by atoms with E-state index in [1.807, 2.05) is 26.0 Å². The Balaban J connectivity index is 0.000000756. The Hall–Kier alpha value is -1.97. The zero-order valence-electron chi connectivity index (χ0n) is 51.8. The molecular weight excluding hydrogens is 1150 g/mol. The molecule has 11 nitrogen and oxygen atoms in total. The number of rotatable bonds is 34. The van der Waals surface area contributed by atoms with Crippen LogP contribution in [0.25, 0.3) is 0 Å². The molecule has 0 bridgehead atoms. The Morgan fingerprint density at radius 2 is 0.700 bits per heavy atom. The molecule has 0 radical (unpaired) electrons. The van der Waals surface area contributed by atoms with Crippen molar-refractivity contribution < 1.29 is 81.0 Å². The first-order valence-electron chi connectivity index (χ1n) is 27.2. The van der Waals surface area contributed by atoms with E-state index in [0.717, 1.165) is 61.8 Å². The number of hydrogen-bond donors (Lipinski definition) is 0. The van der Waals surface area contributed by atoms with E-state index < -0.39 is 87.1 Å². The molecule has 0 atom stereocenters. The van der Waals surface area contributed by atoms with E-state index in [0.29, 0.717) is 19.6 Å². The summed E-state index contributed by atoms with van der Waals surface area (Å²) in [5.74, 6) is 0.426. The second-order valence-corrected chi connectivity index (χ2v) is 49.2. The highest BCUT2D eigenvalue weighted by molar-refractivity contribution is 6.92. The summed E-state index contributed by atoms with van der Waals surface area (Å²) < 4.78 is 143. The van der Waals surface area contributed by atoms with Crippen molar-refractivity contribution in [2.45, 2.75) is 159 Å². The predicted octanol–water partition coefficient (Wildman–Crippen LogP) is 12.7. The van der Waals surface area contributed by atoms with Gasteiger partial charge in [0.15, 0.2) is 0 Å². The summed E-state index contributed by atoms with van der Waals surface area (Å²) in [7, 11) is -0.431. The molecule has 0 heterocycles. The molecule has 0 amide bonds. The highest BCUT2D eigenvalue weighted by Crippen LogP contribution is 2.30. The standard InChI is InChI=1S/C33H56F2O5Si3.C21H40F2O5Si3.C2H3F3O/c1-27(2)28-13-15-29(16-14-28)32(3,4)25-40-33(34,35)26-39-21-12-22-41(8,9)30-17-19-31(20-18-30)42(10,11)23-24-43(36-5,37-6)38-7;1-24-21(22,23)18-28-14-9-15-29(5,6)19-10-12-20(13-11-19)30(7,8)16-17-31(25-2,26-3)27-4;1-6-2(3,4)5/h13-20,27H,12,21-26H2,1-11H3;10-13H,9,14-18H2,1-8H3;1H3. The molecule has 3 aromatic carbocycles. The maximum atomic E-state index is 14.5. The van der Waals surface area contributed by atoms with Gasteiger partial charge < -0.3 is 45.5 Å². The van der Waals surface area contributed by atoms with Gasteiger partial charge in [-0.3, -0.25) is 4.74 Å². The van der Waals surface area contributed by atoms with Crippen molar-refractivity contribution in [2.75, 3.05) is 89.9 Å². The van der Waals surface area contributed by atoms with Crippen LogP contribution in [0.2, 0.25) is 88.6 Å². The number of hydrogen-bond acceptors (Lipinski definition) is 11. The van der Waals surface area contributed by atoms with E-state index in [1.165, 1.54) is 26.3 Å². The quantitative estimate of drug-likeness (QED) is 0.0325. The van der Waals surface area contributed by atoms with Gasteiger partial charge in [-0.25, -0.2) is 0 Å². The molecule has 0 saturated carbocycles. The summed E-state index contributed by atoms with van der Waals surface area (Å²) in [6.07, 6.45) is -9.49. The first kappa shape index (κ1) is 76.0. The highest BCUT2D eigenvalue weighted by atomic mass is 28.4. The summed E-state index contributed by atoms with van der Waals surface area (Å²) in [5, 5.41) is 5.54. The van der Waals surface area contributed by atoms with E-state index in [4.69, 9.17) is 40.8 Å². The molecule has 0 saturated heterocycles. The van der Waals surface area contributed by atoms with Crippen molar-refractivity contribution in [2.24, 2.45) is 0 Å². The van der Waals surface area contributed by atoms with Crippen molar-refractivity contribution in [3.63, 3.8) is 0 Å². The lowest BCUT2D eigenvalue weighted by molar-refractivity contribution is -0.311. The lowest BCUT2D eigenvalue weighted by Gasteiger charge is -2.30. The van der Waals surface area contributed by atoms with Gasteiger partial charge in [-0.05, 0) is 42.0 Å². The SMILES string of the molecule is COC(F)(F)COCCC[Si](C)(C)c1ccc([Si](C)(C)CC[Si](OC)(OC)OC)cc1.COC(F)(F)F.CO[Si](CC[Si](C)(C)c1ccc([Si](C)(C)CCCOCC(F)(F)OCC(C)(C)c2ccc(C(C)C)cc2)cc1)(OC)OC. The van der Waals surface area contributed by atoms with Crippen molar-refractivity contribution >= 4 is 70.7 Å². The van der Waals surface area contributed by atoms with Crippen molar-refractivity contribution in [3.05, 3.63) is 83.9 Å². The van der Waals surface area contributed by atoms with Crippen LogP contribution >= 0.6 is 0 Å². The maximum Gasteiger partial charge on any atom is 0.522 e. The van der Waals surface area contributed by atoms with E-state index >= 15 is 0 Å². The molecular formula is C56H99F7O11Si6. The fourth-order valence-electron chi connectivity index (χ4n) is 8.77. The smallest absolute Gasteiger partial charge is 0.377 e. The Bertz CT molecular complexity index is 2150. The Morgan fingerprint density at radius 3 is 0.975 bits per heavy atom. The van der Waals surface area contributed by atoms with Crippen LogP contribution in [-0.4, -0.2) is 158 Å². The normalized spacial score (nSPS) is 13.5. The largest absolute Gasteiger partial charge is 0.522 e. The minimum absolute atomic E-state index is 0.0893. The number of benzene rings is 3. The molecule has 0 aliphatic heterocycles. The molecule has 0 N–H and O–H groups in total. The second-order valence-electron chi connectivity index (χ2n) is 23.7. The van der Waals surface area contributed by atoms with Gasteiger partial charge in [0.25, 0.3) is 0 Å². The summed E-state index contributed by atoms with van der Waals surface area (Å²) in [5.41, 5.74) is 1.67. The van der Waals surface area contributed by atoms with E-state index in [1.54, 1.807) is 42.7 Å². The molecule has 80 heavy (non-hydrogen) atoms. The van der Waals surface area contributed by atoms with Gasteiger partial charge in [0.05, 0.1) is 38.9 Å². The van der Waals surface area contributed by atoms with Gasteiger partial charge in [-0.2, -0.15) is 17.6 Å². The molecule has 3 rings (SSSR count). The van der Waals surface area contributed by atoms with Crippen LogP contribution < -0.4 is 20.7 Å². The fourth-order valence-corrected chi connectivity index (χ4v) is 25.9. The summed E-state index contributed by atoms with van der Waals surface area (Å²) in [6.45, 7) is 25.9. The van der Waals surface area contributed by atoms with E-state index in [9.17, 15) is 30.7 Å². The lowest BCUT2D eigenvalue weighted by Crippen LogP contribution is -2.49. The van der Waals surface area contributed by atoms with Gasteiger partial charge >= 0.3 is 36.2 Å². The third kappa shape index (κ3) is 26.5. The monoisotopic (exact) mass is 1250 g/mol. The van der Waals surface area contributed by atoms with Crippen molar-refractivity contribution in [3.8, 4) is 0 Å². The molecule has 3 aromatic rings. The van der Waals surface area contributed by atoms with Gasteiger partial charge in [0, 0.05) is 87.6 Å². The molecule has 462 valence electrons. The van der Waals surface area contributed by atoms with Crippen LogP contribution in [0.5, 0.6) is 0 Å². The number of alkyl halides is 7. The molecule has 0 aliphatic rings.